The van der Waals surface area contributed by atoms with Gasteiger partial charge in [0.05, 0.1) is 6.54 Å². The number of hydrogen-bond acceptors (Lipinski definition) is 2. The molecule has 1 amide bonds. The molecule has 14 heavy (non-hydrogen) atoms. The smallest absolute Gasteiger partial charge is 0.236 e. The molecule has 0 aliphatic carbocycles. The summed E-state index contributed by atoms with van der Waals surface area (Å²) in [6.07, 6.45) is 1.09. The topological polar surface area (TPSA) is 32.3 Å². The van der Waals surface area contributed by atoms with E-state index in [2.05, 4.69) is 26.1 Å². The molecule has 3 heteroatoms. The van der Waals surface area contributed by atoms with Gasteiger partial charge >= 0.3 is 0 Å². The Kier molecular flexibility index (Phi) is 5.77. The van der Waals surface area contributed by atoms with Gasteiger partial charge < -0.3 is 10.2 Å². The Labute approximate surface area is 87.9 Å². The van der Waals surface area contributed by atoms with Crippen LogP contribution in [-0.2, 0) is 4.79 Å². The summed E-state index contributed by atoms with van der Waals surface area (Å²) < 4.78 is 0. The first-order valence-electron chi connectivity index (χ1n) is 5.31. The van der Waals surface area contributed by atoms with E-state index < -0.39 is 0 Å². The number of likely N-dealkylation sites (N-methyl/N-ethyl adjacent to an activating group) is 1. The van der Waals surface area contributed by atoms with Crippen LogP contribution in [0.2, 0.25) is 0 Å². The van der Waals surface area contributed by atoms with Crippen LogP contribution < -0.4 is 5.32 Å². The van der Waals surface area contributed by atoms with Gasteiger partial charge in [-0.3, -0.25) is 4.79 Å². The Balaban J connectivity index is 3.51. The number of nitrogens with zero attached hydrogens (tertiary/aromatic N) is 1. The third-order valence-electron chi connectivity index (χ3n) is 2.23. The third-order valence-corrected chi connectivity index (χ3v) is 2.23. The van der Waals surface area contributed by atoms with E-state index in [4.69, 9.17) is 0 Å². The van der Waals surface area contributed by atoms with Gasteiger partial charge in [0.2, 0.25) is 5.91 Å². The van der Waals surface area contributed by atoms with Crippen LogP contribution >= 0.6 is 0 Å². The molecule has 0 unspecified atom stereocenters. The predicted octanol–water partition coefficient (Wildman–Crippen LogP) is 1.49. The molecular formula is C11H24N2O. The fraction of sp³-hybridized carbons (Fsp3) is 0.909. The van der Waals surface area contributed by atoms with Crippen molar-refractivity contribution in [3.63, 3.8) is 0 Å². The minimum Gasteiger partial charge on any atom is -0.345 e. The molecule has 1 N–H and O–H groups in total. The van der Waals surface area contributed by atoms with Gasteiger partial charge in [-0.1, -0.05) is 20.8 Å². The second kappa shape index (κ2) is 6.02. The highest BCUT2D eigenvalue weighted by Gasteiger charge is 2.10. The van der Waals surface area contributed by atoms with Crippen molar-refractivity contribution in [3.8, 4) is 0 Å². The molecule has 0 atom stereocenters. The van der Waals surface area contributed by atoms with Gasteiger partial charge in [0, 0.05) is 13.6 Å². The Morgan fingerprint density at radius 1 is 1.36 bits per heavy atom. The van der Waals surface area contributed by atoms with Crippen molar-refractivity contribution >= 4 is 5.91 Å². The maximum absolute atomic E-state index is 11.4. The lowest BCUT2D eigenvalue weighted by Crippen LogP contribution is -2.36. The molecule has 0 aromatic rings. The number of carbonyl (C=O) groups is 1. The van der Waals surface area contributed by atoms with E-state index in [1.807, 2.05) is 14.0 Å². The summed E-state index contributed by atoms with van der Waals surface area (Å²) >= 11 is 0. The minimum atomic E-state index is 0.168. The summed E-state index contributed by atoms with van der Waals surface area (Å²) in [6.45, 7) is 10.7. The van der Waals surface area contributed by atoms with Crippen molar-refractivity contribution in [2.45, 2.75) is 34.1 Å². The fourth-order valence-electron chi connectivity index (χ4n) is 0.970. The molecule has 0 aromatic heterocycles. The molecule has 0 radical (unpaired) electrons. The Bertz CT molecular complexity index is 173. The van der Waals surface area contributed by atoms with Crippen molar-refractivity contribution in [1.82, 2.24) is 10.2 Å². The van der Waals surface area contributed by atoms with E-state index in [0.29, 0.717) is 12.0 Å². The van der Waals surface area contributed by atoms with E-state index in [1.165, 1.54) is 0 Å². The average molecular weight is 200 g/mol. The average Bonchev–Trinajstić information content (AvgIpc) is 2.09. The summed E-state index contributed by atoms with van der Waals surface area (Å²) in [5.74, 6) is 0.168. The van der Waals surface area contributed by atoms with Crippen LogP contribution in [0.4, 0.5) is 0 Å². The van der Waals surface area contributed by atoms with Gasteiger partial charge in [-0.05, 0) is 25.3 Å². The molecule has 0 fully saturated rings. The zero-order valence-electron chi connectivity index (χ0n) is 10.2. The van der Waals surface area contributed by atoms with E-state index in [1.54, 1.807) is 4.90 Å². The van der Waals surface area contributed by atoms with Gasteiger partial charge in [0.1, 0.15) is 0 Å². The molecule has 0 aliphatic heterocycles. The molecule has 0 rings (SSSR count). The SMILES string of the molecule is CCN(C)C(=O)CNCCC(C)(C)C. The molecule has 0 bridgehead atoms. The first kappa shape index (κ1) is 13.4. The number of hydrogen-bond donors (Lipinski definition) is 1. The molecule has 84 valence electrons. The predicted molar refractivity (Wildman–Crippen MR) is 60.3 cm³/mol. The third kappa shape index (κ3) is 6.89. The Morgan fingerprint density at radius 2 is 1.93 bits per heavy atom. The zero-order valence-corrected chi connectivity index (χ0v) is 10.2. The highest BCUT2D eigenvalue weighted by Crippen LogP contribution is 2.16. The second-order valence-electron chi connectivity index (χ2n) is 4.90. The molecule has 0 heterocycles. The maximum atomic E-state index is 11.4. The summed E-state index contributed by atoms with van der Waals surface area (Å²) in [5, 5.41) is 3.17. The highest BCUT2D eigenvalue weighted by molar-refractivity contribution is 5.77. The first-order valence-corrected chi connectivity index (χ1v) is 5.31. The fourth-order valence-corrected chi connectivity index (χ4v) is 0.970. The second-order valence-corrected chi connectivity index (χ2v) is 4.90. The van der Waals surface area contributed by atoms with Gasteiger partial charge in [-0.25, -0.2) is 0 Å². The van der Waals surface area contributed by atoms with Gasteiger partial charge in [0.15, 0.2) is 0 Å². The Morgan fingerprint density at radius 3 is 2.36 bits per heavy atom. The lowest BCUT2D eigenvalue weighted by atomic mass is 9.92. The van der Waals surface area contributed by atoms with Crippen molar-refractivity contribution in [3.05, 3.63) is 0 Å². The van der Waals surface area contributed by atoms with Crippen LogP contribution in [0, 0.1) is 5.41 Å². The van der Waals surface area contributed by atoms with Crippen molar-refractivity contribution in [2.24, 2.45) is 5.41 Å². The molecule has 3 nitrogen and oxygen atoms in total. The molecule has 0 saturated heterocycles. The molecule has 0 aliphatic rings. The van der Waals surface area contributed by atoms with Gasteiger partial charge in [0.25, 0.3) is 0 Å². The van der Waals surface area contributed by atoms with Crippen LogP contribution in [0.1, 0.15) is 34.1 Å². The van der Waals surface area contributed by atoms with Crippen molar-refractivity contribution in [2.75, 3.05) is 26.7 Å². The maximum Gasteiger partial charge on any atom is 0.236 e. The quantitative estimate of drug-likeness (QED) is 0.682. The lowest BCUT2D eigenvalue weighted by Gasteiger charge is -2.19. The zero-order chi connectivity index (χ0) is 11.2. The van der Waals surface area contributed by atoms with E-state index in [-0.39, 0.29) is 5.91 Å². The number of rotatable bonds is 5. The van der Waals surface area contributed by atoms with Gasteiger partial charge in [-0.2, -0.15) is 0 Å². The van der Waals surface area contributed by atoms with E-state index in [9.17, 15) is 4.79 Å². The molecule has 0 aromatic carbocycles. The van der Waals surface area contributed by atoms with Crippen LogP contribution in [-0.4, -0.2) is 37.5 Å². The monoisotopic (exact) mass is 200 g/mol. The summed E-state index contributed by atoms with van der Waals surface area (Å²) in [7, 11) is 1.83. The molecule has 0 spiro atoms. The Hall–Kier alpha value is -0.570. The molecule has 0 saturated carbocycles. The van der Waals surface area contributed by atoms with Crippen LogP contribution in [0.15, 0.2) is 0 Å². The number of amides is 1. The normalized spacial score (nSPS) is 11.5. The standard InChI is InChI=1S/C11H24N2O/c1-6-13(5)10(14)9-12-8-7-11(2,3)4/h12H,6-9H2,1-5H3. The summed E-state index contributed by atoms with van der Waals surface area (Å²) in [6, 6.07) is 0. The number of carbonyl (C=O) groups excluding carboxylic acids is 1. The van der Waals surface area contributed by atoms with Crippen LogP contribution in [0.5, 0.6) is 0 Å². The van der Waals surface area contributed by atoms with E-state index in [0.717, 1.165) is 19.5 Å². The van der Waals surface area contributed by atoms with Crippen LogP contribution in [0.3, 0.4) is 0 Å². The minimum absolute atomic E-state index is 0.168. The summed E-state index contributed by atoms with van der Waals surface area (Å²) in [4.78, 5) is 13.1. The lowest BCUT2D eigenvalue weighted by molar-refractivity contribution is -0.128. The number of nitrogens with one attached hydrogen (secondary N) is 1. The van der Waals surface area contributed by atoms with Crippen LogP contribution in [0.25, 0.3) is 0 Å². The first-order chi connectivity index (χ1) is 6.37. The van der Waals surface area contributed by atoms with Gasteiger partial charge in [-0.15, -0.1) is 0 Å². The van der Waals surface area contributed by atoms with Crippen molar-refractivity contribution < 1.29 is 4.79 Å². The molecular weight excluding hydrogens is 176 g/mol. The highest BCUT2D eigenvalue weighted by atomic mass is 16.2. The van der Waals surface area contributed by atoms with Crippen molar-refractivity contribution in [1.29, 1.82) is 0 Å². The summed E-state index contributed by atoms with van der Waals surface area (Å²) in [5.41, 5.74) is 0.340. The largest absolute Gasteiger partial charge is 0.345 e. The van der Waals surface area contributed by atoms with E-state index >= 15 is 0 Å².